The zero-order valence-corrected chi connectivity index (χ0v) is 16.5. The number of nitrogens with zero attached hydrogens (tertiary/aromatic N) is 5. The summed E-state index contributed by atoms with van der Waals surface area (Å²) in [6.07, 6.45) is 1.67. The first-order chi connectivity index (χ1) is 15.0. The van der Waals surface area contributed by atoms with Gasteiger partial charge in [-0.1, -0.05) is 12.1 Å². The average molecular weight is 416 g/mol. The highest BCUT2D eigenvalue weighted by atomic mass is 19.1. The van der Waals surface area contributed by atoms with Crippen LogP contribution in [0.3, 0.4) is 0 Å². The van der Waals surface area contributed by atoms with E-state index in [9.17, 15) is 9.18 Å². The molecule has 2 N–H and O–H groups in total. The highest BCUT2D eigenvalue weighted by Crippen LogP contribution is 2.30. The smallest absolute Gasteiger partial charge is 0.291 e. The van der Waals surface area contributed by atoms with Crippen LogP contribution in [0.15, 0.2) is 65.6 Å². The van der Waals surface area contributed by atoms with E-state index >= 15 is 0 Å². The second kappa shape index (κ2) is 7.21. The average Bonchev–Trinajstić information content (AvgIpc) is 3.02. The van der Waals surface area contributed by atoms with Gasteiger partial charge >= 0.3 is 0 Å². The Labute approximate surface area is 175 Å². The Balaban J connectivity index is 1.58. The Kier molecular flexibility index (Phi) is 4.36. The van der Waals surface area contributed by atoms with Gasteiger partial charge < -0.3 is 15.0 Å². The summed E-state index contributed by atoms with van der Waals surface area (Å²) in [5.41, 5.74) is 7.43. The molecule has 0 aliphatic heterocycles. The quantitative estimate of drug-likeness (QED) is 0.452. The summed E-state index contributed by atoms with van der Waals surface area (Å²) in [5.74, 6) is 0.395. The molecular formula is C22H17FN6O2. The van der Waals surface area contributed by atoms with E-state index < -0.39 is 5.95 Å². The summed E-state index contributed by atoms with van der Waals surface area (Å²) in [5, 5.41) is 5.91. The molecule has 4 aromatic heterocycles. The normalized spacial score (nSPS) is 11.3. The van der Waals surface area contributed by atoms with Crippen LogP contribution in [0.1, 0.15) is 5.69 Å². The molecule has 31 heavy (non-hydrogen) atoms. The molecule has 0 aliphatic carbocycles. The van der Waals surface area contributed by atoms with Crippen LogP contribution in [0.5, 0.6) is 11.6 Å². The molecule has 0 fully saturated rings. The van der Waals surface area contributed by atoms with E-state index in [1.54, 1.807) is 54.2 Å². The van der Waals surface area contributed by atoms with Gasteiger partial charge in [-0.25, -0.2) is 9.67 Å². The summed E-state index contributed by atoms with van der Waals surface area (Å²) >= 11 is 0. The van der Waals surface area contributed by atoms with Gasteiger partial charge in [-0.2, -0.15) is 14.5 Å². The fourth-order valence-electron chi connectivity index (χ4n) is 3.62. The van der Waals surface area contributed by atoms with Crippen molar-refractivity contribution >= 4 is 27.6 Å². The second-order valence-corrected chi connectivity index (χ2v) is 7.06. The number of hydrogen-bond donors (Lipinski definition) is 1. The minimum atomic E-state index is -0.621. The van der Waals surface area contributed by atoms with E-state index in [0.29, 0.717) is 22.8 Å². The SMILES string of the molecule is Cn1c2cc(Oc3cccc(F)n3)ccc2c2cnn(Cc3cccc(N)n3)c(=O)c21. The molecule has 0 saturated heterocycles. The first kappa shape index (κ1) is 18.7. The van der Waals surface area contributed by atoms with Crippen molar-refractivity contribution in [3.63, 3.8) is 0 Å². The van der Waals surface area contributed by atoms with Gasteiger partial charge in [-0.3, -0.25) is 4.79 Å². The molecule has 8 nitrogen and oxygen atoms in total. The molecule has 5 rings (SSSR count). The standard InChI is InChI=1S/C22H17FN6O2/c1-28-17-10-14(31-20-7-3-5-18(23)27-20)8-9-15(17)16-11-25-29(22(30)21(16)28)12-13-4-2-6-19(24)26-13/h2-11H,12H2,1H3,(H2,24,26). The van der Waals surface area contributed by atoms with E-state index in [-0.39, 0.29) is 18.0 Å². The Morgan fingerprint density at radius 2 is 1.90 bits per heavy atom. The van der Waals surface area contributed by atoms with Crippen molar-refractivity contribution in [2.24, 2.45) is 7.05 Å². The molecule has 0 unspecified atom stereocenters. The minimum absolute atomic E-state index is 0.150. The molecule has 5 aromatic rings. The summed E-state index contributed by atoms with van der Waals surface area (Å²) < 4.78 is 22.2. The number of hydrogen-bond acceptors (Lipinski definition) is 6. The van der Waals surface area contributed by atoms with E-state index in [1.165, 1.54) is 16.8 Å². The zero-order chi connectivity index (χ0) is 21.5. The molecule has 154 valence electrons. The van der Waals surface area contributed by atoms with Crippen molar-refractivity contribution < 1.29 is 9.13 Å². The number of rotatable bonds is 4. The first-order valence-corrected chi connectivity index (χ1v) is 9.50. The van der Waals surface area contributed by atoms with Crippen LogP contribution in [-0.4, -0.2) is 24.3 Å². The first-order valence-electron chi connectivity index (χ1n) is 9.50. The van der Waals surface area contributed by atoms with Gasteiger partial charge in [0.1, 0.15) is 17.1 Å². The van der Waals surface area contributed by atoms with Crippen LogP contribution < -0.4 is 16.0 Å². The third-order valence-corrected chi connectivity index (χ3v) is 5.03. The molecule has 0 spiro atoms. The molecule has 0 bridgehead atoms. The van der Waals surface area contributed by atoms with E-state index in [0.717, 1.165) is 16.3 Å². The zero-order valence-electron chi connectivity index (χ0n) is 16.5. The molecule has 0 radical (unpaired) electrons. The molecule has 9 heteroatoms. The highest BCUT2D eigenvalue weighted by Gasteiger charge is 2.15. The molecule has 4 heterocycles. The maximum atomic E-state index is 13.3. The molecular weight excluding hydrogens is 399 g/mol. The van der Waals surface area contributed by atoms with E-state index in [2.05, 4.69) is 15.1 Å². The highest BCUT2D eigenvalue weighted by molar-refractivity contribution is 6.07. The van der Waals surface area contributed by atoms with Gasteiger partial charge in [0.05, 0.1) is 24.0 Å². The lowest BCUT2D eigenvalue weighted by atomic mass is 10.2. The molecule has 0 atom stereocenters. The van der Waals surface area contributed by atoms with E-state index in [1.807, 2.05) is 6.07 Å². The van der Waals surface area contributed by atoms with Crippen LogP contribution in [0.4, 0.5) is 10.2 Å². The Morgan fingerprint density at radius 3 is 2.71 bits per heavy atom. The number of benzene rings is 1. The number of pyridine rings is 2. The van der Waals surface area contributed by atoms with Crippen molar-refractivity contribution in [3.8, 4) is 11.6 Å². The number of nitrogen functional groups attached to an aromatic ring is 1. The number of fused-ring (bicyclic) bond motifs is 3. The summed E-state index contributed by atoms with van der Waals surface area (Å²) in [6.45, 7) is 0.209. The van der Waals surface area contributed by atoms with Gasteiger partial charge in [0, 0.05) is 30.0 Å². The van der Waals surface area contributed by atoms with Crippen LogP contribution in [0.25, 0.3) is 21.8 Å². The lowest BCUT2D eigenvalue weighted by Crippen LogP contribution is -2.25. The van der Waals surface area contributed by atoms with Crippen molar-refractivity contribution in [1.29, 1.82) is 0 Å². The van der Waals surface area contributed by atoms with E-state index in [4.69, 9.17) is 10.5 Å². The Bertz CT molecular complexity index is 1510. The number of aryl methyl sites for hydroxylation is 1. The lowest BCUT2D eigenvalue weighted by molar-refractivity contribution is 0.446. The number of anilines is 1. The lowest BCUT2D eigenvalue weighted by Gasteiger charge is -2.06. The van der Waals surface area contributed by atoms with Gasteiger partial charge in [-0.05, 0) is 30.3 Å². The second-order valence-electron chi connectivity index (χ2n) is 7.06. The fraction of sp³-hybridized carbons (Fsp3) is 0.0909. The van der Waals surface area contributed by atoms with Crippen molar-refractivity contribution in [2.75, 3.05) is 5.73 Å². The van der Waals surface area contributed by atoms with Crippen molar-refractivity contribution in [2.45, 2.75) is 6.54 Å². The largest absolute Gasteiger partial charge is 0.439 e. The predicted octanol–water partition coefficient (Wildman–Crippen LogP) is 3.24. The minimum Gasteiger partial charge on any atom is -0.439 e. The Hall–Kier alpha value is -4.27. The van der Waals surface area contributed by atoms with Gasteiger partial charge in [0.15, 0.2) is 0 Å². The van der Waals surface area contributed by atoms with Crippen LogP contribution >= 0.6 is 0 Å². The molecule has 0 saturated carbocycles. The summed E-state index contributed by atoms with van der Waals surface area (Å²) in [7, 11) is 1.80. The van der Waals surface area contributed by atoms with Crippen LogP contribution in [0.2, 0.25) is 0 Å². The Morgan fingerprint density at radius 1 is 1.06 bits per heavy atom. The maximum absolute atomic E-state index is 13.3. The summed E-state index contributed by atoms with van der Waals surface area (Å²) in [4.78, 5) is 21.1. The number of nitrogens with two attached hydrogens (primary N) is 1. The number of aromatic nitrogens is 5. The maximum Gasteiger partial charge on any atom is 0.291 e. The third kappa shape index (κ3) is 3.35. The van der Waals surface area contributed by atoms with Gasteiger partial charge in [0.2, 0.25) is 11.8 Å². The van der Waals surface area contributed by atoms with Gasteiger partial charge in [-0.15, -0.1) is 0 Å². The molecule has 0 aliphatic rings. The monoisotopic (exact) mass is 416 g/mol. The number of halogens is 1. The summed E-state index contributed by atoms with van der Waals surface area (Å²) in [6, 6.07) is 15.0. The van der Waals surface area contributed by atoms with Crippen LogP contribution in [-0.2, 0) is 13.6 Å². The predicted molar refractivity (Wildman–Crippen MR) is 115 cm³/mol. The van der Waals surface area contributed by atoms with Crippen molar-refractivity contribution in [3.05, 3.63) is 82.8 Å². The van der Waals surface area contributed by atoms with Crippen LogP contribution in [0, 0.1) is 5.95 Å². The molecule has 0 amide bonds. The fourth-order valence-corrected chi connectivity index (χ4v) is 3.62. The van der Waals surface area contributed by atoms with Crippen molar-refractivity contribution in [1.82, 2.24) is 24.3 Å². The topological polar surface area (TPSA) is 101 Å². The molecule has 1 aromatic carbocycles. The van der Waals surface area contributed by atoms with Gasteiger partial charge in [0.25, 0.3) is 5.56 Å². The third-order valence-electron chi connectivity index (χ3n) is 5.03. The number of ether oxygens (including phenoxy) is 1.